The maximum absolute atomic E-state index is 5.99. The van der Waals surface area contributed by atoms with Gasteiger partial charge in [-0.1, -0.05) is 17.7 Å². The van der Waals surface area contributed by atoms with Gasteiger partial charge in [-0.05, 0) is 24.8 Å². The fraction of sp³-hybridized carbons (Fsp3) is 0.300. The van der Waals surface area contributed by atoms with E-state index < -0.39 is 0 Å². The molecule has 0 bridgehead atoms. The highest BCUT2D eigenvalue weighted by molar-refractivity contribution is 7.98. The van der Waals surface area contributed by atoms with Crippen molar-refractivity contribution in [3.05, 3.63) is 35.2 Å². The molecule has 0 saturated heterocycles. The summed E-state index contributed by atoms with van der Waals surface area (Å²) in [6, 6.07) is 4.09. The molecule has 4 heteroatoms. The summed E-state index contributed by atoms with van der Waals surface area (Å²) in [5.41, 5.74) is 2.16. The molecule has 1 atom stereocenters. The molecule has 2 rings (SSSR count). The van der Waals surface area contributed by atoms with E-state index in [0.29, 0.717) is 10.4 Å². The Balaban J connectivity index is 2.54. The van der Waals surface area contributed by atoms with Gasteiger partial charge in [0.1, 0.15) is 10.8 Å². The molecule has 0 saturated carbocycles. The predicted octanol–water partition coefficient (Wildman–Crippen LogP) is 3.41. The van der Waals surface area contributed by atoms with Crippen molar-refractivity contribution in [2.24, 2.45) is 0 Å². The van der Waals surface area contributed by atoms with E-state index in [1.807, 2.05) is 28.4 Å². The quantitative estimate of drug-likeness (QED) is 0.781. The van der Waals surface area contributed by atoms with Gasteiger partial charge >= 0.3 is 0 Å². The normalized spacial score (nSPS) is 13.4. The van der Waals surface area contributed by atoms with Crippen LogP contribution >= 0.6 is 23.4 Å². The fourth-order valence-corrected chi connectivity index (χ4v) is 1.94. The number of hydrogen-bond acceptors (Lipinski definition) is 2. The summed E-state index contributed by atoms with van der Waals surface area (Å²) in [5, 5.41) is 1.15. The van der Waals surface area contributed by atoms with Crippen LogP contribution in [0, 0.1) is 0 Å². The molecule has 1 unspecified atom stereocenters. The molecule has 2 heterocycles. The summed E-state index contributed by atoms with van der Waals surface area (Å²) in [7, 11) is 0. The average Bonchev–Trinajstić information content (AvgIpc) is 2.59. The molecule has 0 radical (unpaired) electrons. The lowest BCUT2D eigenvalue weighted by molar-refractivity contribution is 1.05. The highest BCUT2D eigenvalue weighted by Gasteiger charge is 2.06. The van der Waals surface area contributed by atoms with Crippen LogP contribution in [0.1, 0.15) is 17.7 Å². The number of rotatable bonds is 2. The predicted molar refractivity (Wildman–Crippen MR) is 62.1 cm³/mol. The molecule has 0 aliphatic carbocycles. The first-order chi connectivity index (χ1) is 6.72. The van der Waals surface area contributed by atoms with E-state index in [9.17, 15) is 0 Å². The molecule has 74 valence electrons. The summed E-state index contributed by atoms with van der Waals surface area (Å²) in [6.07, 6.45) is 5.82. The Labute approximate surface area is 92.3 Å². The summed E-state index contributed by atoms with van der Waals surface area (Å²) in [4.78, 5) is 4.17. The zero-order chi connectivity index (χ0) is 10.1. The van der Waals surface area contributed by atoms with Crippen LogP contribution in [0.2, 0.25) is 5.15 Å². The highest BCUT2D eigenvalue weighted by atomic mass is 35.5. The number of imidazole rings is 1. The molecule has 0 aromatic carbocycles. The maximum atomic E-state index is 5.99. The first-order valence-corrected chi connectivity index (χ1v) is 6.04. The number of thioether (sulfide) groups is 1. The molecule has 0 N–H and O–H groups in total. The number of pyridine rings is 1. The maximum Gasteiger partial charge on any atom is 0.137 e. The van der Waals surface area contributed by atoms with Crippen molar-refractivity contribution in [3.8, 4) is 0 Å². The topological polar surface area (TPSA) is 17.3 Å². The lowest BCUT2D eigenvalue weighted by Crippen LogP contribution is -1.92. The number of aromatic nitrogens is 2. The second kappa shape index (κ2) is 3.83. The zero-order valence-corrected chi connectivity index (χ0v) is 9.64. The summed E-state index contributed by atoms with van der Waals surface area (Å²) < 4.78 is 1.91. The Morgan fingerprint density at radius 1 is 1.50 bits per heavy atom. The summed E-state index contributed by atoms with van der Waals surface area (Å²) >= 11 is 7.80. The molecule has 0 fully saturated rings. The number of nitrogens with zero attached hydrogens (tertiary/aromatic N) is 2. The minimum absolute atomic E-state index is 0.484. The number of halogens is 1. The van der Waals surface area contributed by atoms with Crippen LogP contribution in [0.3, 0.4) is 0 Å². The zero-order valence-electron chi connectivity index (χ0n) is 8.07. The van der Waals surface area contributed by atoms with Crippen molar-refractivity contribution in [1.82, 2.24) is 9.38 Å². The van der Waals surface area contributed by atoms with E-state index >= 15 is 0 Å². The van der Waals surface area contributed by atoms with Gasteiger partial charge < -0.3 is 0 Å². The Bertz CT molecular complexity index is 452. The first-order valence-electron chi connectivity index (χ1n) is 4.37. The molecular formula is C10H11ClN2S. The van der Waals surface area contributed by atoms with Crippen molar-refractivity contribution in [3.63, 3.8) is 0 Å². The van der Waals surface area contributed by atoms with Crippen LogP contribution in [-0.2, 0) is 0 Å². The third-order valence-corrected chi connectivity index (χ3v) is 3.57. The fourth-order valence-electron chi connectivity index (χ4n) is 1.34. The van der Waals surface area contributed by atoms with Gasteiger partial charge in [0.15, 0.2) is 0 Å². The second-order valence-corrected chi connectivity index (χ2v) is 4.72. The van der Waals surface area contributed by atoms with Gasteiger partial charge in [-0.25, -0.2) is 4.98 Å². The van der Waals surface area contributed by atoms with Gasteiger partial charge in [0.2, 0.25) is 0 Å². The lowest BCUT2D eigenvalue weighted by atomic mass is 10.2. The van der Waals surface area contributed by atoms with Crippen molar-refractivity contribution < 1.29 is 0 Å². The van der Waals surface area contributed by atoms with E-state index in [2.05, 4.69) is 24.2 Å². The molecule has 0 spiro atoms. The summed E-state index contributed by atoms with van der Waals surface area (Å²) in [6.45, 7) is 2.18. The molecule has 2 aromatic heterocycles. The van der Waals surface area contributed by atoms with Crippen LogP contribution in [0.15, 0.2) is 24.5 Å². The first kappa shape index (κ1) is 9.87. The second-order valence-electron chi connectivity index (χ2n) is 3.15. The van der Waals surface area contributed by atoms with Gasteiger partial charge in [0.25, 0.3) is 0 Å². The minimum atomic E-state index is 0.484. The number of fused-ring (bicyclic) bond motifs is 1. The minimum Gasteiger partial charge on any atom is -0.290 e. The van der Waals surface area contributed by atoms with Crippen LogP contribution in [0.5, 0.6) is 0 Å². The SMILES string of the molecule is CSC(C)c1ccc2ncc(Cl)n2c1. The molecule has 0 aliphatic heterocycles. The van der Waals surface area contributed by atoms with E-state index in [1.54, 1.807) is 6.20 Å². The molecular weight excluding hydrogens is 216 g/mol. The largest absolute Gasteiger partial charge is 0.290 e. The third-order valence-electron chi connectivity index (χ3n) is 2.31. The van der Waals surface area contributed by atoms with Crippen LogP contribution < -0.4 is 0 Å². The Morgan fingerprint density at radius 2 is 2.29 bits per heavy atom. The molecule has 0 amide bonds. The lowest BCUT2D eigenvalue weighted by Gasteiger charge is -2.08. The molecule has 2 aromatic rings. The van der Waals surface area contributed by atoms with E-state index in [1.165, 1.54) is 5.56 Å². The van der Waals surface area contributed by atoms with Crippen molar-refractivity contribution >= 4 is 29.0 Å². The highest BCUT2D eigenvalue weighted by Crippen LogP contribution is 2.26. The van der Waals surface area contributed by atoms with Crippen molar-refractivity contribution in [2.75, 3.05) is 6.26 Å². The average molecular weight is 227 g/mol. The van der Waals surface area contributed by atoms with Crippen LogP contribution in [-0.4, -0.2) is 15.6 Å². The number of hydrogen-bond donors (Lipinski definition) is 0. The van der Waals surface area contributed by atoms with Crippen molar-refractivity contribution in [1.29, 1.82) is 0 Å². The van der Waals surface area contributed by atoms with Gasteiger partial charge in [0, 0.05) is 11.4 Å². The Hall–Kier alpha value is -0.670. The smallest absolute Gasteiger partial charge is 0.137 e. The van der Waals surface area contributed by atoms with Gasteiger partial charge in [-0.2, -0.15) is 11.8 Å². The Kier molecular flexibility index (Phi) is 2.70. The van der Waals surface area contributed by atoms with Crippen molar-refractivity contribution in [2.45, 2.75) is 12.2 Å². The molecule has 14 heavy (non-hydrogen) atoms. The monoisotopic (exact) mass is 226 g/mol. The molecule has 0 aliphatic rings. The van der Waals surface area contributed by atoms with Crippen LogP contribution in [0.4, 0.5) is 0 Å². The third kappa shape index (κ3) is 1.62. The van der Waals surface area contributed by atoms with Gasteiger partial charge in [-0.15, -0.1) is 0 Å². The molecule has 2 nitrogen and oxygen atoms in total. The van der Waals surface area contributed by atoms with Crippen LogP contribution in [0.25, 0.3) is 5.65 Å². The Morgan fingerprint density at radius 3 is 3.00 bits per heavy atom. The van der Waals surface area contributed by atoms with Gasteiger partial charge in [0.05, 0.1) is 6.20 Å². The van der Waals surface area contributed by atoms with E-state index in [-0.39, 0.29) is 0 Å². The van der Waals surface area contributed by atoms with Gasteiger partial charge in [-0.3, -0.25) is 4.40 Å². The van der Waals surface area contributed by atoms with E-state index in [0.717, 1.165) is 5.65 Å². The standard InChI is InChI=1S/C10H11ClN2S/c1-7(14-2)8-3-4-10-12-5-9(11)13(10)6-8/h3-7H,1-2H3. The summed E-state index contributed by atoms with van der Waals surface area (Å²) in [5.74, 6) is 0. The van der Waals surface area contributed by atoms with E-state index in [4.69, 9.17) is 11.6 Å².